The number of carbonyl (C=O) groups excluding carboxylic acids is 2. The molecule has 0 radical (unpaired) electrons. The highest BCUT2D eigenvalue weighted by atomic mass is 19.2. The van der Waals surface area contributed by atoms with E-state index in [9.17, 15) is 28.6 Å². The van der Waals surface area contributed by atoms with Crippen LogP contribution in [0, 0.1) is 18.6 Å². The van der Waals surface area contributed by atoms with Crippen LogP contribution in [0.1, 0.15) is 49.1 Å². The van der Waals surface area contributed by atoms with Gasteiger partial charge in [-0.05, 0) is 59.4 Å². The second kappa shape index (κ2) is 8.65. The van der Waals surface area contributed by atoms with Gasteiger partial charge in [-0.1, -0.05) is 45.0 Å². The Hall–Kier alpha value is -4.00. The maximum absolute atomic E-state index is 14.1. The molecule has 1 saturated heterocycles. The SMILES string of the molecule is Cc1ccc(C(C)(C)C)cc1/C(O)=C1\C(=O)C(=O)N(c2ccc(F)c(F)c2)C1c1ccc(O)cc1. The summed E-state index contributed by atoms with van der Waals surface area (Å²) >= 11 is 0. The van der Waals surface area contributed by atoms with E-state index in [0.717, 1.165) is 22.6 Å². The van der Waals surface area contributed by atoms with Crippen LogP contribution in [0.2, 0.25) is 0 Å². The molecule has 0 saturated carbocycles. The smallest absolute Gasteiger partial charge is 0.300 e. The van der Waals surface area contributed by atoms with Gasteiger partial charge in [-0.25, -0.2) is 8.78 Å². The van der Waals surface area contributed by atoms with Crippen LogP contribution < -0.4 is 4.90 Å². The summed E-state index contributed by atoms with van der Waals surface area (Å²) < 4.78 is 27.7. The number of anilines is 1. The number of benzene rings is 3. The first-order chi connectivity index (χ1) is 16.4. The molecule has 7 heteroatoms. The Morgan fingerprint density at radius 2 is 1.57 bits per heavy atom. The Morgan fingerprint density at radius 1 is 0.914 bits per heavy atom. The molecule has 35 heavy (non-hydrogen) atoms. The molecule has 0 aromatic heterocycles. The van der Waals surface area contributed by atoms with Gasteiger partial charge in [-0.2, -0.15) is 0 Å². The number of halogens is 2. The molecule has 0 aliphatic carbocycles. The maximum atomic E-state index is 14.1. The van der Waals surface area contributed by atoms with Crippen molar-refractivity contribution < 1.29 is 28.6 Å². The summed E-state index contributed by atoms with van der Waals surface area (Å²) in [5, 5.41) is 21.2. The zero-order valence-corrected chi connectivity index (χ0v) is 19.8. The number of hydrogen-bond acceptors (Lipinski definition) is 4. The van der Waals surface area contributed by atoms with Gasteiger partial charge in [0.25, 0.3) is 11.7 Å². The Balaban J connectivity index is 1.98. The van der Waals surface area contributed by atoms with Crippen molar-refractivity contribution in [1.82, 2.24) is 0 Å². The van der Waals surface area contributed by atoms with Gasteiger partial charge >= 0.3 is 0 Å². The molecule has 0 bridgehead atoms. The van der Waals surface area contributed by atoms with E-state index in [1.54, 1.807) is 13.0 Å². The molecule has 1 unspecified atom stereocenters. The number of phenolic OH excluding ortho intramolecular Hbond substituents is 1. The van der Waals surface area contributed by atoms with Gasteiger partial charge in [0.2, 0.25) is 0 Å². The van der Waals surface area contributed by atoms with E-state index in [-0.39, 0.29) is 28.2 Å². The Morgan fingerprint density at radius 3 is 2.17 bits per heavy atom. The van der Waals surface area contributed by atoms with Crippen molar-refractivity contribution in [1.29, 1.82) is 0 Å². The fourth-order valence-corrected chi connectivity index (χ4v) is 4.19. The summed E-state index contributed by atoms with van der Waals surface area (Å²) in [7, 11) is 0. The van der Waals surface area contributed by atoms with Crippen LogP contribution in [0.15, 0.2) is 66.2 Å². The molecule has 1 aliphatic heterocycles. The second-order valence-electron chi connectivity index (χ2n) is 9.64. The lowest BCUT2D eigenvalue weighted by Gasteiger charge is -2.26. The molecule has 3 aromatic rings. The number of phenols is 1. The highest BCUT2D eigenvalue weighted by Gasteiger charge is 2.47. The summed E-state index contributed by atoms with van der Waals surface area (Å²) in [4.78, 5) is 27.5. The van der Waals surface area contributed by atoms with Crippen molar-refractivity contribution in [3.63, 3.8) is 0 Å². The topological polar surface area (TPSA) is 77.8 Å². The van der Waals surface area contributed by atoms with Crippen molar-refractivity contribution in [3.05, 3.63) is 100 Å². The molecule has 3 aromatic carbocycles. The minimum atomic E-state index is -1.18. The molecule has 1 heterocycles. The van der Waals surface area contributed by atoms with Crippen molar-refractivity contribution in [3.8, 4) is 5.75 Å². The van der Waals surface area contributed by atoms with Crippen LogP contribution in [0.25, 0.3) is 5.76 Å². The van der Waals surface area contributed by atoms with E-state index in [2.05, 4.69) is 0 Å². The highest BCUT2D eigenvalue weighted by Crippen LogP contribution is 2.43. The number of carbonyl (C=O) groups is 2. The summed E-state index contributed by atoms with van der Waals surface area (Å²) in [5.74, 6) is -4.61. The number of Topliss-reactive ketones (excluding diaryl/α,β-unsaturated/α-hetero) is 1. The lowest BCUT2D eigenvalue weighted by molar-refractivity contribution is -0.132. The molecule has 4 rings (SSSR count). The van der Waals surface area contributed by atoms with Crippen LogP contribution >= 0.6 is 0 Å². The number of rotatable bonds is 3. The minimum absolute atomic E-state index is 0.0350. The van der Waals surface area contributed by atoms with E-state index >= 15 is 0 Å². The first-order valence-electron chi connectivity index (χ1n) is 11.1. The number of aliphatic hydroxyl groups is 1. The third-order valence-electron chi connectivity index (χ3n) is 6.19. The maximum Gasteiger partial charge on any atom is 0.300 e. The van der Waals surface area contributed by atoms with Crippen molar-refractivity contribution in [2.75, 3.05) is 4.90 Å². The fourth-order valence-electron chi connectivity index (χ4n) is 4.19. The molecule has 0 spiro atoms. The fraction of sp³-hybridized carbons (Fsp3) is 0.214. The lowest BCUT2D eigenvalue weighted by Crippen LogP contribution is -2.29. The van der Waals surface area contributed by atoms with Crippen LogP contribution in [-0.2, 0) is 15.0 Å². The third-order valence-corrected chi connectivity index (χ3v) is 6.19. The molecule has 1 amide bonds. The molecular weight excluding hydrogens is 452 g/mol. The average Bonchev–Trinajstić information content (AvgIpc) is 3.06. The summed E-state index contributed by atoms with van der Waals surface area (Å²) in [6.45, 7) is 7.82. The minimum Gasteiger partial charge on any atom is -0.508 e. The predicted molar refractivity (Wildman–Crippen MR) is 129 cm³/mol. The van der Waals surface area contributed by atoms with E-state index in [1.807, 2.05) is 32.9 Å². The predicted octanol–water partition coefficient (Wildman–Crippen LogP) is 5.90. The highest BCUT2D eigenvalue weighted by molar-refractivity contribution is 6.51. The van der Waals surface area contributed by atoms with Gasteiger partial charge in [0.1, 0.15) is 11.5 Å². The molecule has 180 valence electrons. The molecular formula is C28H25F2NO4. The van der Waals surface area contributed by atoms with Crippen LogP contribution in [0.5, 0.6) is 5.75 Å². The van der Waals surface area contributed by atoms with Gasteiger partial charge in [0, 0.05) is 17.3 Å². The van der Waals surface area contributed by atoms with E-state index < -0.39 is 29.4 Å². The van der Waals surface area contributed by atoms with Crippen molar-refractivity contribution in [2.45, 2.75) is 39.2 Å². The van der Waals surface area contributed by atoms with E-state index in [1.165, 1.54) is 30.3 Å². The van der Waals surface area contributed by atoms with Gasteiger partial charge in [-0.3, -0.25) is 14.5 Å². The number of aryl methyl sites for hydroxylation is 1. The normalized spacial score (nSPS) is 17.8. The van der Waals surface area contributed by atoms with Gasteiger partial charge in [-0.15, -0.1) is 0 Å². The third kappa shape index (κ3) is 4.30. The van der Waals surface area contributed by atoms with E-state index in [4.69, 9.17) is 0 Å². The molecule has 2 N–H and O–H groups in total. The summed E-state index contributed by atoms with van der Waals surface area (Å²) in [5.41, 5.74) is 1.95. The lowest BCUT2D eigenvalue weighted by atomic mass is 9.84. The van der Waals surface area contributed by atoms with E-state index in [0.29, 0.717) is 16.7 Å². The quantitative estimate of drug-likeness (QED) is 0.280. The second-order valence-corrected chi connectivity index (χ2v) is 9.64. The molecule has 5 nitrogen and oxygen atoms in total. The van der Waals surface area contributed by atoms with Crippen molar-refractivity contribution in [2.24, 2.45) is 0 Å². The first kappa shape index (κ1) is 24.1. The number of amides is 1. The standard InChI is InChI=1S/C28H25F2NO4/c1-15-5-8-17(28(2,3)4)13-20(15)25(33)23-24(16-6-10-19(32)11-7-16)31(27(35)26(23)34)18-9-12-21(29)22(30)14-18/h5-14,24,32-33H,1-4H3/b25-23+. The number of aliphatic hydroxyl groups excluding tert-OH is 1. The van der Waals surface area contributed by atoms with Crippen LogP contribution in [0.4, 0.5) is 14.5 Å². The molecule has 1 atom stereocenters. The zero-order chi connectivity index (χ0) is 25.7. The largest absolute Gasteiger partial charge is 0.508 e. The number of nitrogens with zero attached hydrogens (tertiary/aromatic N) is 1. The molecule has 1 aliphatic rings. The summed E-state index contributed by atoms with van der Waals surface area (Å²) in [6, 6.07) is 13.1. The molecule has 1 fully saturated rings. The van der Waals surface area contributed by atoms with Gasteiger partial charge in [0.05, 0.1) is 11.6 Å². The van der Waals surface area contributed by atoms with Gasteiger partial charge in [0.15, 0.2) is 11.6 Å². The van der Waals surface area contributed by atoms with Crippen molar-refractivity contribution >= 4 is 23.1 Å². The Kier molecular flexibility index (Phi) is 5.97. The average molecular weight is 478 g/mol. The first-order valence-corrected chi connectivity index (χ1v) is 11.1. The zero-order valence-electron chi connectivity index (χ0n) is 19.8. The van der Waals surface area contributed by atoms with Crippen LogP contribution in [0.3, 0.4) is 0 Å². The Labute approximate surface area is 202 Å². The Bertz CT molecular complexity index is 1370. The van der Waals surface area contributed by atoms with Gasteiger partial charge < -0.3 is 10.2 Å². The summed E-state index contributed by atoms with van der Waals surface area (Å²) in [6.07, 6.45) is 0. The number of hydrogen-bond donors (Lipinski definition) is 2. The monoisotopic (exact) mass is 477 g/mol. The number of aromatic hydroxyl groups is 1. The number of ketones is 1. The van der Waals surface area contributed by atoms with Crippen LogP contribution in [-0.4, -0.2) is 21.9 Å².